The molecule has 0 fully saturated rings. The van der Waals surface area contributed by atoms with Gasteiger partial charge in [0.2, 0.25) is 5.91 Å². The number of hydrogen-bond acceptors (Lipinski definition) is 4. The fraction of sp³-hybridized carbons (Fsp3) is 0.312. The zero-order valence-corrected chi connectivity index (χ0v) is 13.8. The Morgan fingerprint density at radius 1 is 1.22 bits per heavy atom. The topological polar surface area (TPSA) is 71.1 Å². The molecule has 23 heavy (non-hydrogen) atoms. The first-order valence-electron chi connectivity index (χ1n) is 7.19. The number of aryl methyl sites for hydroxylation is 2. The predicted octanol–water partition coefficient (Wildman–Crippen LogP) is 1.99. The Bertz CT molecular complexity index is 715. The summed E-state index contributed by atoms with van der Waals surface area (Å²) in [5, 5.41) is 6.27. The lowest BCUT2D eigenvalue weighted by Gasteiger charge is -2.07. The van der Waals surface area contributed by atoms with E-state index < -0.39 is 0 Å². The molecule has 0 aliphatic rings. The van der Waals surface area contributed by atoms with Gasteiger partial charge in [-0.15, -0.1) is 11.3 Å². The molecule has 0 atom stereocenters. The van der Waals surface area contributed by atoms with Gasteiger partial charge in [0, 0.05) is 13.1 Å². The number of amides is 2. The summed E-state index contributed by atoms with van der Waals surface area (Å²) in [6.07, 6.45) is 0.110. The molecule has 7 heteroatoms. The number of thiazole rings is 1. The second kappa shape index (κ2) is 7.82. The fourth-order valence-corrected chi connectivity index (χ4v) is 2.93. The lowest BCUT2D eigenvalue weighted by molar-refractivity contribution is -0.120. The number of rotatable bonds is 6. The van der Waals surface area contributed by atoms with E-state index in [0.717, 1.165) is 5.01 Å². The van der Waals surface area contributed by atoms with Crippen LogP contribution >= 0.6 is 11.3 Å². The van der Waals surface area contributed by atoms with Crippen molar-refractivity contribution >= 4 is 23.2 Å². The highest BCUT2D eigenvalue weighted by Gasteiger charge is 2.13. The third kappa shape index (κ3) is 5.14. The third-order valence-corrected chi connectivity index (χ3v) is 4.17. The minimum absolute atomic E-state index is 0.110. The van der Waals surface area contributed by atoms with E-state index in [4.69, 9.17) is 0 Å². The van der Waals surface area contributed by atoms with Crippen LogP contribution in [0.25, 0.3) is 0 Å². The summed E-state index contributed by atoms with van der Waals surface area (Å²) in [6, 6.07) is 5.92. The van der Waals surface area contributed by atoms with Gasteiger partial charge >= 0.3 is 0 Å². The number of halogens is 1. The summed E-state index contributed by atoms with van der Waals surface area (Å²) in [5.41, 5.74) is 1.32. The molecule has 0 unspecified atom stereocenters. The largest absolute Gasteiger partial charge is 0.354 e. The van der Waals surface area contributed by atoms with Gasteiger partial charge in [-0.2, -0.15) is 0 Å². The maximum Gasteiger partial charge on any atom is 0.263 e. The number of carbonyl (C=O) groups is 2. The number of benzene rings is 1. The molecular weight excluding hydrogens is 317 g/mol. The van der Waals surface area contributed by atoms with E-state index in [9.17, 15) is 14.0 Å². The summed E-state index contributed by atoms with van der Waals surface area (Å²) < 4.78 is 13.0. The van der Waals surface area contributed by atoms with E-state index in [1.807, 2.05) is 6.92 Å². The van der Waals surface area contributed by atoms with E-state index >= 15 is 0 Å². The minimum Gasteiger partial charge on any atom is -0.354 e. The van der Waals surface area contributed by atoms with Crippen LogP contribution in [0.15, 0.2) is 24.3 Å². The lowest BCUT2D eigenvalue weighted by atomic mass is 10.1. The van der Waals surface area contributed by atoms with Crippen LogP contribution in [-0.2, 0) is 11.2 Å². The van der Waals surface area contributed by atoms with Crippen molar-refractivity contribution in [3.05, 3.63) is 51.2 Å². The first-order valence-corrected chi connectivity index (χ1v) is 8.00. The molecule has 0 bridgehead atoms. The van der Waals surface area contributed by atoms with Gasteiger partial charge in [-0.25, -0.2) is 9.37 Å². The molecule has 2 aromatic rings. The highest BCUT2D eigenvalue weighted by Crippen LogP contribution is 2.16. The Labute approximate surface area is 137 Å². The summed E-state index contributed by atoms with van der Waals surface area (Å²) in [6.45, 7) is 4.28. The van der Waals surface area contributed by atoms with E-state index in [0.29, 0.717) is 29.2 Å². The van der Waals surface area contributed by atoms with Crippen LogP contribution < -0.4 is 10.6 Å². The molecule has 1 aromatic heterocycles. The smallest absolute Gasteiger partial charge is 0.263 e. The van der Waals surface area contributed by atoms with Gasteiger partial charge in [-0.1, -0.05) is 12.1 Å². The number of carbonyl (C=O) groups excluding carboxylic acids is 2. The van der Waals surface area contributed by atoms with E-state index in [-0.39, 0.29) is 24.1 Å². The van der Waals surface area contributed by atoms with Crippen molar-refractivity contribution in [3.63, 3.8) is 0 Å². The first kappa shape index (κ1) is 17.1. The maximum atomic E-state index is 13.0. The van der Waals surface area contributed by atoms with Crippen molar-refractivity contribution in [1.29, 1.82) is 0 Å². The minimum atomic E-state index is -0.363. The molecule has 1 aromatic carbocycles. The number of nitrogens with one attached hydrogen (secondary N) is 2. The molecular formula is C16H18FN3O2S. The average molecular weight is 335 g/mol. The summed E-state index contributed by atoms with van der Waals surface area (Å²) in [5.74, 6) is -0.764. The molecule has 2 amide bonds. The molecule has 0 radical (unpaired) electrons. The van der Waals surface area contributed by atoms with Crippen LogP contribution in [0.2, 0.25) is 0 Å². The molecule has 0 saturated carbocycles. The molecule has 1 heterocycles. The zero-order chi connectivity index (χ0) is 16.8. The second-order valence-electron chi connectivity index (χ2n) is 5.06. The number of hydrogen-bond donors (Lipinski definition) is 2. The standard InChI is InChI=1S/C16H18FN3O2S/c1-10-15(23-11(2)20-10)16(22)19-7-6-18-14(21)9-12-4-3-5-13(17)8-12/h3-5,8H,6-7,9H2,1-2H3,(H,18,21)(H,19,22). The van der Waals surface area contributed by atoms with Gasteiger partial charge in [0.25, 0.3) is 5.91 Å². The van der Waals surface area contributed by atoms with E-state index in [1.165, 1.54) is 23.5 Å². The van der Waals surface area contributed by atoms with E-state index in [2.05, 4.69) is 15.6 Å². The Morgan fingerprint density at radius 2 is 1.96 bits per heavy atom. The normalized spacial score (nSPS) is 10.4. The number of aromatic nitrogens is 1. The van der Waals surface area contributed by atoms with Crippen molar-refractivity contribution in [2.45, 2.75) is 20.3 Å². The van der Waals surface area contributed by atoms with Crippen LogP contribution in [0.1, 0.15) is 25.9 Å². The van der Waals surface area contributed by atoms with Crippen molar-refractivity contribution in [3.8, 4) is 0 Å². The van der Waals surface area contributed by atoms with Crippen molar-refractivity contribution < 1.29 is 14.0 Å². The molecule has 2 rings (SSSR count). The highest BCUT2D eigenvalue weighted by molar-refractivity contribution is 7.13. The van der Waals surface area contributed by atoms with Crippen LogP contribution in [0, 0.1) is 19.7 Å². The van der Waals surface area contributed by atoms with Gasteiger partial charge < -0.3 is 10.6 Å². The number of nitrogens with zero attached hydrogens (tertiary/aromatic N) is 1. The first-order chi connectivity index (χ1) is 11.0. The van der Waals surface area contributed by atoms with Crippen molar-refractivity contribution in [2.24, 2.45) is 0 Å². The van der Waals surface area contributed by atoms with Gasteiger partial charge in [0.1, 0.15) is 10.7 Å². The van der Waals surface area contributed by atoms with Crippen molar-refractivity contribution in [1.82, 2.24) is 15.6 Å². The lowest BCUT2D eigenvalue weighted by Crippen LogP contribution is -2.35. The Balaban J connectivity index is 1.72. The molecule has 0 aliphatic carbocycles. The van der Waals surface area contributed by atoms with Gasteiger partial charge in [-0.3, -0.25) is 9.59 Å². The van der Waals surface area contributed by atoms with E-state index in [1.54, 1.807) is 19.1 Å². The predicted molar refractivity (Wildman–Crippen MR) is 87.0 cm³/mol. The summed E-state index contributed by atoms with van der Waals surface area (Å²) in [7, 11) is 0. The molecule has 0 aliphatic heterocycles. The van der Waals surface area contributed by atoms with Crippen LogP contribution in [0.4, 0.5) is 4.39 Å². The average Bonchev–Trinajstić information content (AvgIpc) is 2.82. The highest BCUT2D eigenvalue weighted by atomic mass is 32.1. The molecule has 5 nitrogen and oxygen atoms in total. The fourth-order valence-electron chi connectivity index (χ4n) is 2.10. The van der Waals surface area contributed by atoms with Crippen LogP contribution in [0.3, 0.4) is 0 Å². The molecule has 2 N–H and O–H groups in total. The zero-order valence-electron chi connectivity index (χ0n) is 13.0. The Kier molecular flexibility index (Phi) is 5.81. The van der Waals surface area contributed by atoms with Crippen LogP contribution in [-0.4, -0.2) is 29.9 Å². The monoisotopic (exact) mass is 335 g/mol. The molecule has 0 spiro atoms. The Morgan fingerprint density at radius 3 is 2.61 bits per heavy atom. The molecule has 122 valence electrons. The summed E-state index contributed by atoms with van der Waals surface area (Å²) >= 11 is 1.34. The maximum absolute atomic E-state index is 13.0. The molecule has 0 saturated heterocycles. The van der Waals surface area contributed by atoms with Gasteiger partial charge in [0.15, 0.2) is 0 Å². The Hall–Kier alpha value is -2.28. The van der Waals surface area contributed by atoms with Crippen LogP contribution in [0.5, 0.6) is 0 Å². The second-order valence-corrected chi connectivity index (χ2v) is 6.26. The van der Waals surface area contributed by atoms with Gasteiger partial charge in [-0.05, 0) is 31.5 Å². The summed E-state index contributed by atoms with van der Waals surface area (Å²) in [4.78, 5) is 28.5. The SMILES string of the molecule is Cc1nc(C)c(C(=O)NCCNC(=O)Cc2cccc(F)c2)s1. The van der Waals surface area contributed by atoms with Crippen molar-refractivity contribution in [2.75, 3.05) is 13.1 Å². The third-order valence-electron chi connectivity index (χ3n) is 3.10. The quantitative estimate of drug-likeness (QED) is 0.793. The van der Waals surface area contributed by atoms with Gasteiger partial charge in [0.05, 0.1) is 17.1 Å².